The summed E-state index contributed by atoms with van der Waals surface area (Å²) in [4.78, 5) is 17.8. The van der Waals surface area contributed by atoms with Crippen LogP contribution in [0.3, 0.4) is 0 Å². The molecule has 0 bridgehead atoms. The topological polar surface area (TPSA) is 68.5 Å². The Hall–Kier alpha value is -1.33. The number of halogens is 1. The van der Waals surface area contributed by atoms with Gasteiger partial charge in [-0.2, -0.15) is 0 Å². The lowest BCUT2D eigenvalue weighted by atomic mass is 10.2. The number of rotatable bonds is 1. The van der Waals surface area contributed by atoms with Gasteiger partial charge in [-0.25, -0.2) is 4.98 Å². The SMILES string of the molecule is Nc1cc(C(=O)N2CCCOCC2)cc(Cl)n1. The molecule has 0 unspecified atom stereocenters. The third-order valence-corrected chi connectivity index (χ3v) is 2.76. The number of nitrogen functional groups attached to an aromatic ring is 1. The predicted molar refractivity (Wildman–Crippen MR) is 65.0 cm³/mol. The average molecular weight is 256 g/mol. The maximum absolute atomic E-state index is 12.2. The van der Waals surface area contributed by atoms with Gasteiger partial charge in [-0.1, -0.05) is 11.6 Å². The second kappa shape index (κ2) is 5.33. The number of hydrogen-bond acceptors (Lipinski definition) is 4. The molecular weight excluding hydrogens is 242 g/mol. The summed E-state index contributed by atoms with van der Waals surface area (Å²) in [5.41, 5.74) is 6.04. The number of carbonyl (C=O) groups excluding carboxylic acids is 1. The van der Waals surface area contributed by atoms with E-state index in [0.717, 1.165) is 6.42 Å². The molecule has 1 fully saturated rings. The zero-order valence-electron chi connectivity index (χ0n) is 9.36. The van der Waals surface area contributed by atoms with Gasteiger partial charge in [-0.3, -0.25) is 4.79 Å². The van der Waals surface area contributed by atoms with Gasteiger partial charge in [0.25, 0.3) is 5.91 Å². The lowest BCUT2D eigenvalue weighted by Gasteiger charge is -2.19. The van der Waals surface area contributed by atoms with E-state index in [0.29, 0.717) is 31.9 Å². The van der Waals surface area contributed by atoms with Crippen molar-refractivity contribution in [2.24, 2.45) is 0 Å². The van der Waals surface area contributed by atoms with Crippen LogP contribution in [0.25, 0.3) is 0 Å². The molecule has 0 radical (unpaired) electrons. The highest BCUT2D eigenvalue weighted by Gasteiger charge is 2.18. The smallest absolute Gasteiger partial charge is 0.254 e. The minimum Gasteiger partial charge on any atom is -0.384 e. The molecule has 0 atom stereocenters. The minimum atomic E-state index is -0.0773. The standard InChI is InChI=1S/C11H14ClN3O2/c12-9-6-8(7-10(13)14-9)11(16)15-2-1-4-17-5-3-15/h6-7H,1-5H2,(H2,13,14). The highest BCUT2D eigenvalue weighted by atomic mass is 35.5. The average Bonchev–Trinajstić information content (AvgIpc) is 2.55. The Kier molecular flexibility index (Phi) is 3.81. The molecule has 17 heavy (non-hydrogen) atoms. The molecule has 0 saturated carbocycles. The molecular formula is C11H14ClN3O2. The Morgan fingerprint density at radius 1 is 1.41 bits per heavy atom. The van der Waals surface area contributed by atoms with Gasteiger partial charge in [0.1, 0.15) is 11.0 Å². The van der Waals surface area contributed by atoms with Gasteiger partial charge in [0, 0.05) is 25.3 Å². The summed E-state index contributed by atoms with van der Waals surface area (Å²) in [5, 5.41) is 0.236. The van der Waals surface area contributed by atoms with Crippen molar-refractivity contribution < 1.29 is 9.53 Å². The number of carbonyl (C=O) groups is 1. The summed E-state index contributed by atoms with van der Waals surface area (Å²) < 4.78 is 5.30. The summed E-state index contributed by atoms with van der Waals surface area (Å²) >= 11 is 5.78. The summed E-state index contributed by atoms with van der Waals surface area (Å²) in [5.74, 6) is 0.179. The van der Waals surface area contributed by atoms with Crippen LogP contribution in [0.4, 0.5) is 5.82 Å². The first-order valence-corrected chi connectivity index (χ1v) is 5.85. The zero-order chi connectivity index (χ0) is 12.3. The Balaban J connectivity index is 2.17. The van der Waals surface area contributed by atoms with E-state index in [1.807, 2.05) is 0 Å². The fraction of sp³-hybridized carbons (Fsp3) is 0.455. The number of ether oxygens (including phenoxy) is 1. The van der Waals surface area contributed by atoms with Crippen molar-refractivity contribution in [3.05, 3.63) is 22.8 Å². The summed E-state index contributed by atoms with van der Waals surface area (Å²) in [6, 6.07) is 3.08. The predicted octanol–water partition coefficient (Wildman–Crippen LogP) is 1.18. The molecule has 1 aromatic rings. The van der Waals surface area contributed by atoms with E-state index in [2.05, 4.69) is 4.98 Å². The summed E-state index contributed by atoms with van der Waals surface area (Å²) in [6.07, 6.45) is 0.847. The Morgan fingerprint density at radius 2 is 2.24 bits per heavy atom. The third-order valence-electron chi connectivity index (χ3n) is 2.57. The van der Waals surface area contributed by atoms with Crippen LogP contribution in [0.1, 0.15) is 16.8 Å². The van der Waals surface area contributed by atoms with Gasteiger partial charge in [0.15, 0.2) is 0 Å². The first-order chi connectivity index (χ1) is 8.16. The lowest BCUT2D eigenvalue weighted by Crippen LogP contribution is -2.33. The Morgan fingerprint density at radius 3 is 3.00 bits per heavy atom. The maximum atomic E-state index is 12.2. The van der Waals surface area contributed by atoms with Crippen LogP contribution in [-0.2, 0) is 4.74 Å². The summed E-state index contributed by atoms with van der Waals surface area (Å²) in [6.45, 7) is 2.56. The summed E-state index contributed by atoms with van der Waals surface area (Å²) in [7, 11) is 0. The van der Waals surface area contributed by atoms with Crippen molar-refractivity contribution in [3.63, 3.8) is 0 Å². The normalized spacial score (nSPS) is 16.6. The highest BCUT2D eigenvalue weighted by Crippen LogP contribution is 2.15. The molecule has 92 valence electrons. The van der Waals surface area contributed by atoms with Gasteiger partial charge in [-0.15, -0.1) is 0 Å². The first-order valence-electron chi connectivity index (χ1n) is 5.47. The third kappa shape index (κ3) is 3.08. The van der Waals surface area contributed by atoms with Gasteiger partial charge in [0.2, 0.25) is 0 Å². The van der Waals surface area contributed by atoms with Crippen molar-refractivity contribution in [1.82, 2.24) is 9.88 Å². The van der Waals surface area contributed by atoms with Crippen molar-refractivity contribution in [2.75, 3.05) is 32.0 Å². The van der Waals surface area contributed by atoms with E-state index in [1.54, 1.807) is 11.0 Å². The number of aromatic nitrogens is 1. The van der Waals surface area contributed by atoms with Crippen LogP contribution in [0.15, 0.2) is 12.1 Å². The molecule has 2 heterocycles. The molecule has 1 amide bonds. The second-order valence-electron chi connectivity index (χ2n) is 3.86. The number of nitrogens with two attached hydrogens (primary N) is 1. The molecule has 0 aromatic carbocycles. The van der Waals surface area contributed by atoms with Crippen LogP contribution in [0.2, 0.25) is 5.15 Å². The van der Waals surface area contributed by atoms with Gasteiger partial charge >= 0.3 is 0 Å². The van der Waals surface area contributed by atoms with Gasteiger partial charge in [0.05, 0.1) is 6.61 Å². The number of amides is 1. The second-order valence-corrected chi connectivity index (χ2v) is 4.25. The highest BCUT2D eigenvalue weighted by molar-refractivity contribution is 6.29. The molecule has 2 rings (SSSR count). The Bertz CT molecular complexity index is 397. The maximum Gasteiger partial charge on any atom is 0.254 e. The van der Waals surface area contributed by atoms with Crippen LogP contribution in [0, 0.1) is 0 Å². The molecule has 0 aliphatic carbocycles. The quantitative estimate of drug-likeness (QED) is 0.765. The molecule has 1 saturated heterocycles. The number of nitrogens with zero attached hydrogens (tertiary/aromatic N) is 2. The molecule has 1 aliphatic rings. The monoisotopic (exact) mass is 255 g/mol. The fourth-order valence-corrected chi connectivity index (χ4v) is 1.99. The van der Waals surface area contributed by atoms with Crippen LogP contribution < -0.4 is 5.73 Å². The van der Waals surface area contributed by atoms with Crippen molar-refractivity contribution >= 4 is 23.3 Å². The largest absolute Gasteiger partial charge is 0.384 e. The zero-order valence-corrected chi connectivity index (χ0v) is 10.1. The van der Waals surface area contributed by atoms with E-state index >= 15 is 0 Å². The molecule has 6 heteroatoms. The molecule has 1 aliphatic heterocycles. The van der Waals surface area contributed by atoms with Crippen LogP contribution in [0.5, 0.6) is 0 Å². The minimum absolute atomic E-state index is 0.0773. The van der Waals surface area contributed by atoms with Crippen LogP contribution >= 0.6 is 11.6 Å². The molecule has 1 aromatic heterocycles. The molecule has 2 N–H and O–H groups in total. The van der Waals surface area contributed by atoms with Crippen molar-refractivity contribution in [3.8, 4) is 0 Å². The van der Waals surface area contributed by atoms with E-state index in [1.165, 1.54) is 6.07 Å². The first kappa shape index (κ1) is 12.1. The van der Waals surface area contributed by atoms with Crippen molar-refractivity contribution in [1.29, 1.82) is 0 Å². The number of anilines is 1. The van der Waals surface area contributed by atoms with E-state index in [-0.39, 0.29) is 16.9 Å². The lowest BCUT2D eigenvalue weighted by molar-refractivity contribution is 0.0741. The fourth-order valence-electron chi connectivity index (χ4n) is 1.77. The van der Waals surface area contributed by atoms with Gasteiger partial charge < -0.3 is 15.4 Å². The Labute approximate surface area is 105 Å². The number of hydrogen-bond donors (Lipinski definition) is 1. The van der Waals surface area contributed by atoms with E-state index < -0.39 is 0 Å². The molecule has 5 nitrogen and oxygen atoms in total. The van der Waals surface area contributed by atoms with Gasteiger partial charge in [-0.05, 0) is 18.6 Å². The van der Waals surface area contributed by atoms with Crippen LogP contribution in [-0.4, -0.2) is 42.1 Å². The van der Waals surface area contributed by atoms with E-state index in [4.69, 9.17) is 22.1 Å². The molecule has 0 spiro atoms. The number of pyridine rings is 1. The van der Waals surface area contributed by atoms with Crippen molar-refractivity contribution in [2.45, 2.75) is 6.42 Å². The van der Waals surface area contributed by atoms with E-state index in [9.17, 15) is 4.79 Å².